The second-order valence-electron chi connectivity index (χ2n) is 4.53. The molecule has 23 heavy (non-hydrogen) atoms. The monoisotopic (exact) mass is 345 g/mol. The summed E-state index contributed by atoms with van der Waals surface area (Å²) in [6, 6.07) is 11.9. The van der Waals surface area contributed by atoms with Gasteiger partial charge in [-0.1, -0.05) is 35.2 Å². The van der Waals surface area contributed by atoms with E-state index in [1.54, 1.807) is 7.11 Å². The van der Waals surface area contributed by atoms with E-state index < -0.39 is 0 Å². The third-order valence-corrected chi connectivity index (χ3v) is 5.08. The van der Waals surface area contributed by atoms with Gasteiger partial charge in [-0.15, -0.1) is 10.2 Å². The number of nitrogens with one attached hydrogen (secondary N) is 1. The van der Waals surface area contributed by atoms with Crippen molar-refractivity contribution in [3.63, 3.8) is 0 Å². The van der Waals surface area contributed by atoms with Crippen molar-refractivity contribution in [2.24, 2.45) is 5.92 Å². The van der Waals surface area contributed by atoms with Gasteiger partial charge in [0.1, 0.15) is 5.75 Å². The largest absolute Gasteiger partial charge is 0.495 e. The first kappa shape index (κ1) is 17.1. The van der Waals surface area contributed by atoms with E-state index in [0.29, 0.717) is 23.7 Å². The molecule has 0 aliphatic heterocycles. The number of rotatable bonds is 8. The molecule has 0 unspecified atom stereocenters. The van der Waals surface area contributed by atoms with Gasteiger partial charge in [-0.2, -0.15) is 10.5 Å². The smallest absolute Gasteiger partial charge is 0.210 e. The second-order valence-corrected chi connectivity index (χ2v) is 6.78. The van der Waals surface area contributed by atoms with E-state index in [-0.39, 0.29) is 5.92 Å². The number of aromatic nitrogens is 2. The number of para-hydroxylation sites is 2. The number of thioether (sulfide) groups is 1. The van der Waals surface area contributed by atoms with Gasteiger partial charge in [0.2, 0.25) is 5.13 Å². The van der Waals surface area contributed by atoms with Crippen LogP contribution >= 0.6 is 23.1 Å². The summed E-state index contributed by atoms with van der Waals surface area (Å²) >= 11 is 2.91. The average molecular weight is 345 g/mol. The highest BCUT2D eigenvalue weighted by Gasteiger charge is 2.12. The van der Waals surface area contributed by atoms with E-state index in [0.717, 1.165) is 15.8 Å². The SMILES string of the molecule is COc1ccccc1Nc1nnc(SC[C@H](C#N)CCC#N)s1. The minimum absolute atomic E-state index is 0.144. The molecule has 0 bridgehead atoms. The number of ether oxygens (including phenoxy) is 1. The zero-order valence-electron chi connectivity index (χ0n) is 12.5. The first-order valence-electron chi connectivity index (χ1n) is 6.89. The van der Waals surface area contributed by atoms with E-state index in [1.807, 2.05) is 24.3 Å². The topological polar surface area (TPSA) is 94.6 Å². The number of anilines is 2. The lowest BCUT2D eigenvalue weighted by molar-refractivity contribution is 0.417. The fourth-order valence-corrected chi connectivity index (χ4v) is 3.63. The summed E-state index contributed by atoms with van der Waals surface area (Å²) in [6.07, 6.45) is 0.987. The van der Waals surface area contributed by atoms with E-state index in [4.69, 9.17) is 15.3 Å². The Hall–Kier alpha value is -2.29. The van der Waals surface area contributed by atoms with Crippen molar-refractivity contribution >= 4 is 33.9 Å². The molecule has 1 N–H and O–H groups in total. The second kappa shape index (κ2) is 8.99. The lowest BCUT2D eigenvalue weighted by atomic mass is 10.1. The summed E-state index contributed by atoms with van der Waals surface area (Å²) < 4.78 is 6.07. The van der Waals surface area contributed by atoms with Crippen LogP contribution in [0.4, 0.5) is 10.8 Å². The molecule has 6 nitrogen and oxygen atoms in total. The normalized spacial score (nSPS) is 11.3. The number of hydrogen-bond donors (Lipinski definition) is 1. The third-order valence-electron chi connectivity index (χ3n) is 2.95. The summed E-state index contributed by atoms with van der Waals surface area (Å²) in [5.41, 5.74) is 0.826. The van der Waals surface area contributed by atoms with Crippen molar-refractivity contribution in [2.75, 3.05) is 18.2 Å². The Balaban J connectivity index is 1.93. The summed E-state index contributed by atoms with van der Waals surface area (Å²) in [7, 11) is 1.62. The van der Waals surface area contributed by atoms with E-state index in [2.05, 4.69) is 27.7 Å². The molecule has 0 fully saturated rings. The predicted octanol–water partition coefficient (Wildman–Crippen LogP) is 3.83. The van der Waals surface area contributed by atoms with Crippen LogP contribution in [0.5, 0.6) is 5.75 Å². The van der Waals surface area contributed by atoms with Crippen molar-refractivity contribution in [1.82, 2.24) is 10.2 Å². The summed E-state index contributed by atoms with van der Waals surface area (Å²) in [5.74, 6) is 1.20. The molecular formula is C15H15N5OS2. The van der Waals surface area contributed by atoms with Gasteiger partial charge in [0.25, 0.3) is 0 Å². The highest BCUT2D eigenvalue weighted by Crippen LogP contribution is 2.32. The standard InChI is InChI=1S/C15H15N5OS2/c1-21-13-7-3-2-6-12(13)18-14-19-20-15(23-14)22-10-11(9-17)5-4-8-16/h2-3,6-7,11H,4-5,10H2,1H3,(H,18,19)/t11-/m0/s1. The Morgan fingerprint density at radius 3 is 2.91 bits per heavy atom. The van der Waals surface area contributed by atoms with E-state index in [9.17, 15) is 0 Å². The first-order valence-corrected chi connectivity index (χ1v) is 8.70. The van der Waals surface area contributed by atoms with Crippen molar-refractivity contribution in [1.29, 1.82) is 10.5 Å². The van der Waals surface area contributed by atoms with Gasteiger partial charge in [0.05, 0.1) is 30.9 Å². The van der Waals surface area contributed by atoms with E-state index >= 15 is 0 Å². The number of methoxy groups -OCH3 is 1. The summed E-state index contributed by atoms with van der Waals surface area (Å²) in [6.45, 7) is 0. The van der Waals surface area contributed by atoms with Crippen molar-refractivity contribution < 1.29 is 4.74 Å². The molecule has 0 saturated carbocycles. The van der Waals surface area contributed by atoms with Crippen LogP contribution in [0.1, 0.15) is 12.8 Å². The van der Waals surface area contributed by atoms with Gasteiger partial charge >= 0.3 is 0 Å². The molecule has 0 spiro atoms. The predicted molar refractivity (Wildman–Crippen MR) is 90.9 cm³/mol. The van der Waals surface area contributed by atoms with Crippen molar-refractivity contribution in [2.45, 2.75) is 17.2 Å². The molecule has 1 aromatic carbocycles. The zero-order valence-corrected chi connectivity index (χ0v) is 14.2. The number of benzene rings is 1. The Bertz CT molecular complexity index is 719. The molecule has 0 saturated heterocycles. The fourth-order valence-electron chi connectivity index (χ4n) is 1.78. The maximum Gasteiger partial charge on any atom is 0.210 e. The van der Waals surface area contributed by atoms with Crippen LogP contribution in [0.25, 0.3) is 0 Å². The number of nitriles is 2. The molecule has 0 aliphatic carbocycles. The minimum Gasteiger partial charge on any atom is -0.495 e. The lowest BCUT2D eigenvalue weighted by Gasteiger charge is -2.07. The summed E-state index contributed by atoms with van der Waals surface area (Å²) in [5, 5.41) is 29.7. The molecule has 8 heteroatoms. The molecule has 1 heterocycles. The van der Waals surface area contributed by atoms with Crippen LogP contribution in [-0.4, -0.2) is 23.1 Å². The van der Waals surface area contributed by atoms with Crippen LogP contribution in [0.3, 0.4) is 0 Å². The molecule has 2 rings (SSSR count). The quantitative estimate of drug-likeness (QED) is 0.726. The zero-order chi connectivity index (χ0) is 16.5. The molecule has 1 atom stereocenters. The van der Waals surface area contributed by atoms with Crippen LogP contribution in [-0.2, 0) is 0 Å². The Morgan fingerprint density at radius 2 is 2.17 bits per heavy atom. The Morgan fingerprint density at radius 1 is 1.35 bits per heavy atom. The van der Waals surface area contributed by atoms with Crippen LogP contribution in [0, 0.1) is 28.6 Å². The van der Waals surface area contributed by atoms with Gasteiger partial charge in [-0.05, 0) is 18.6 Å². The summed E-state index contributed by atoms with van der Waals surface area (Å²) in [4.78, 5) is 0. The number of nitrogens with zero attached hydrogens (tertiary/aromatic N) is 4. The van der Waals surface area contributed by atoms with Crippen molar-refractivity contribution in [3.05, 3.63) is 24.3 Å². The minimum atomic E-state index is -0.144. The third kappa shape index (κ3) is 5.13. The maximum absolute atomic E-state index is 9.06. The Labute approximate surface area is 143 Å². The first-order chi connectivity index (χ1) is 11.3. The lowest BCUT2D eigenvalue weighted by Crippen LogP contribution is -1.99. The molecule has 2 aromatic rings. The molecule has 118 valence electrons. The van der Waals surface area contributed by atoms with Gasteiger partial charge in [0.15, 0.2) is 4.34 Å². The van der Waals surface area contributed by atoms with E-state index in [1.165, 1.54) is 23.1 Å². The molecule has 0 radical (unpaired) electrons. The maximum atomic E-state index is 9.06. The molecular weight excluding hydrogens is 330 g/mol. The van der Waals surface area contributed by atoms with Crippen LogP contribution in [0.15, 0.2) is 28.6 Å². The van der Waals surface area contributed by atoms with Crippen LogP contribution < -0.4 is 10.1 Å². The molecule has 0 amide bonds. The fraction of sp³-hybridized carbons (Fsp3) is 0.333. The van der Waals surface area contributed by atoms with Gasteiger partial charge in [-0.3, -0.25) is 0 Å². The average Bonchev–Trinajstić information content (AvgIpc) is 3.03. The van der Waals surface area contributed by atoms with Crippen molar-refractivity contribution in [3.8, 4) is 17.9 Å². The Kier molecular flexibility index (Phi) is 6.67. The van der Waals surface area contributed by atoms with Crippen LogP contribution in [0.2, 0.25) is 0 Å². The van der Waals surface area contributed by atoms with Gasteiger partial charge < -0.3 is 10.1 Å². The highest BCUT2D eigenvalue weighted by molar-refractivity contribution is 8.01. The van der Waals surface area contributed by atoms with Gasteiger partial charge in [0, 0.05) is 12.2 Å². The van der Waals surface area contributed by atoms with Gasteiger partial charge in [-0.25, -0.2) is 0 Å². The molecule has 1 aromatic heterocycles. The highest BCUT2D eigenvalue weighted by atomic mass is 32.2. The number of hydrogen-bond acceptors (Lipinski definition) is 8. The molecule has 0 aliphatic rings.